The van der Waals surface area contributed by atoms with E-state index >= 15 is 0 Å². The van der Waals surface area contributed by atoms with Gasteiger partial charge in [0.1, 0.15) is 0 Å². The molecule has 0 N–H and O–H groups in total. The zero-order valence-electron chi connectivity index (χ0n) is 26.4. The first kappa shape index (κ1) is 32.5. The number of hydrogen-bond donors (Lipinski definition) is 0. The first-order chi connectivity index (χ1) is 23.6. The highest BCUT2D eigenvalue weighted by Gasteiger charge is 2.44. The minimum atomic E-state index is -2.50. The van der Waals surface area contributed by atoms with Gasteiger partial charge in [-0.2, -0.15) is 0 Å². The average Bonchev–Trinajstić information content (AvgIpc) is 3.18. The largest absolute Gasteiger partial charge is 0.545 e. The van der Waals surface area contributed by atoms with Crippen molar-refractivity contribution >= 4 is 51.9 Å². The van der Waals surface area contributed by atoms with Gasteiger partial charge in [0.15, 0.2) is 0 Å². The normalized spacial score (nSPS) is 11.0. The van der Waals surface area contributed by atoms with Crippen LogP contribution in [0.2, 0.25) is 0 Å². The van der Waals surface area contributed by atoms with Crippen molar-refractivity contribution in [1.29, 1.82) is 0 Å². The quantitative estimate of drug-likeness (QED) is 0.146. The Morgan fingerprint density at radius 3 is 0.688 bits per heavy atom. The van der Waals surface area contributed by atoms with E-state index in [9.17, 15) is 9.90 Å². The summed E-state index contributed by atoms with van der Waals surface area (Å²) in [6.07, 6.45) is 0. The highest BCUT2D eigenvalue weighted by Crippen LogP contribution is 2.50. The number of benzene rings is 7. The Hall–Kier alpha value is -5.42. The molecule has 234 valence electrons. The minimum absolute atomic E-state index is 0.220. The van der Waals surface area contributed by atoms with Crippen molar-refractivity contribution in [3.05, 3.63) is 218 Å². The summed E-state index contributed by atoms with van der Waals surface area (Å²) in [7, 11) is -4.99. The van der Waals surface area contributed by atoms with Gasteiger partial charge in [0.2, 0.25) is 0 Å². The Kier molecular flexibility index (Phi) is 10.5. The van der Waals surface area contributed by atoms with Crippen LogP contribution >= 0.6 is 14.1 Å². The van der Waals surface area contributed by atoms with E-state index in [1.807, 2.05) is 0 Å². The molecule has 0 unspecified atom stereocenters. The van der Waals surface area contributed by atoms with Crippen LogP contribution in [0.15, 0.2) is 212 Å². The van der Waals surface area contributed by atoms with Crippen molar-refractivity contribution in [2.45, 2.75) is 0 Å². The number of hydrogen-bond acceptors (Lipinski definition) is 2. The second kappa shape index (κ2) is 15.4. The summed E-state index contributed by atoms with van der Waals surface area (Å²) >= 11 is 0. The Morgan fingerprint density at radius 1 is 0.333 bits per heavy atom. The lowest BCUT2D eigenvalue weighted by Crippen LogP contribution is -2.31. The van der Waals surface area contributed by atoms with Crippen molar-refractivity contribution in [2.75, 3.05) is 0 Å². The van der Waals surface area contributed by atoms with Crippen molar-refractivity contribution in [2.24, 2.45) is 0 Å². The molecule has 0 radical (unpaired) electrons. The Balaban J connectivity index is 0.000000388. The molecular formula is C43H35NO2P2. The first-order valence-corrected chi connectivity index (χ1v) is 19.3. The number of carbonyl (C=O) groups is 1. The van der Waals surface area contributed by atoms with Crippen molar-refractivity contribution < 1.29 is 9.90 Å². The summed E-state index contributed by atoms with van der Waals surface area (Å²) in [6, 6.07) is 73.7. The maximum atomic E-state index is 10.1. The molecule has 0 aliphatic heterocycles. The predicted molar refractivity (Wildman–Crippen MR) is 203 cm³/mol. The fourth-order valence-corrected chi connectivity index (χ4v) is 15.3. The van der Waals surface area contributed by atoms with E-state index in [2.05, 4.69) is 182 Å². The molecule has 0 fully saturated rings. The third-order valence-electron chi connectivity index (χ3n) is 8.06. The topological polar surface area (TPSA) is 54.2 Å². The summed E-state index contributed by atoms with van der Waals surface area (Å²) in [5.74, 6) is -1.13. The number of nitrogens with zero attached hydrogens (tertiary/aromatic N) is 1. The summed E-state index contributed by atoms with van der Waals surface area (Å²) in [5, 5.41) is 17.6. The van der Waals surface area contributed by atoms with Gasteiger partial charge in [0.05, 0.1) is 37.8 Å². The molecule has 7 rings (SSSR count). The SMILES string of the molecule is O=C([O-])c1ccccc1.c1ccc(P(=[N+]=P(c2ccccc2)(c2ccccc2)c2ccccc2)(c2ccccc2)c2ccccc2)cc1. The standard InChI is InChI=1S/C36H30NP2.C7H6O2/c1-7-19-31(20-8-1)38(32-21-9-2-10-22-32,33-23-11-3-12-24-33)37-39(34-25-13-4-14-26-34,35-27-15-5-16-28-35)36-29-17-6-18-30-36;8-7(9)6-4-2-1-3-5-6/h1-30H;1-5H,(H,8,9)/q+1;/p-1. The second-order valence-corrected chi connectivity index (χ2v) is 17.4. The fraction of sp³-hybridized carbons (Fsp3) is 0. The molecule has 0 saturated carbocycles. The number of carbonyl (C=O) groups excluding carboxylic acids is 1. The van der Waals surface area contributed by atoms with Crippen LogP contribution in [0.25, 0.3) is 0 Å². The molecule has 0 aliphatic carbocycles. The van der Waals surface area contributed by atoms with E-state index in [1.165, 1.54) is 44.0 Å². The minimum Gasteiger partial charge on any atom is -0.545 e. The number of aromatic carboxylic acids is 1. The van der Waals surface area contributed by atoms with Crippen LogP contribution in [-0.4, -0.2) is 5.97 Å². The van der Waals surface area contributed by atoms with Gasteiger partial charge in [-0.3, -0.25) is 0 Å². The number of rotatable bonds is 7. The van der Waals surface area contributed by atoms with Gasteiger partial charge < -0.3 is 9.90 Å². The summed E-state index contributed by atoms with van der Waals surface area (Å²) in [4.78, 5) is 10.1. The lowest BCUT2D eigenvalue weighted by atomic mass is 10.2. The third kappa shape index (κ3) is 6.82. The highest BCUT2D eigenvalue weighted by atomic mass is 31.2. The van der Waals surface area contributed by atoms with E-state index in [0.717, 1.165) is 0 Å². The molecule has 0 spiro atoms. The first-order valence-electron chi connectivity index (χ1n) is 15.8. The van der Waals surface area contributed by atoms with Gasteiger partial charge in [-0.25, -0.2) is 0 Å². The highest BCUT2D eigenvalue weighted by molar-refractivity contribution is 7.93. The average molecular weight is 660 g/mol. The van der Waals surface area contributed by atoms with Crippen LogP contribution in [0.1, 0.15) is 10.4 Å². The summed E-state index contributed by atoms with van der Waals surface area (Å²) in [5.41, 5.74) is 0.220. The molecule has 0 atom stereocenters. The van der Waals surface area contributed by atoms with E-state index < -0.39 is 20.1 Å². The maximum absolute atomic E-state index is 10.1. The summed E-state index contributed by atoms with van der Waals surface area (Å²) in [6.45, 7) is 0. The van der Waals surface area contributed by atoms with Gasteiger partial charge in [-0.15, -0.1) is 4.17 Å². The Morgan fingerprint density at radius 2 is 0.521 bits per heavy atom. The molecule has 0 aromatic heterocycles. The van der Waals surface area contributed by atoms with Crippen molar-refractivity contribution in [3.63, 3.8) is 0 Å². The molecule has 48 heavy (non-hydrogen) atoms. The predicted octanol–water partition coefficient (Wildman–Crippen LogP) is 6.46. The fourth-order valence-electron chi connectivity index (χ4n) is 5.84. The number of carboxylic acid groups (broad SMARTS) is 1. The molecule has 0 heterocycles. The van der Waals surface area contributed by atoms with Gasteiger partial charge in [-0.1, -0.05) is 140 Å². The second-order valence-electron chi connectivity index (χ2n) is 11.0. The third-order valence-corrected chi connectivity index (χ3v) is 16.5. The lowest BCUT2D eigenvalue weighted by Gasteiger charge is -2.20. The van der Waals surface area contributed by atoms with Crippen molar-refractivity contribution in [1.82, 2.24) is 4.17 Å². The molecule has 0 amide bonds. The van der Waals surface area contributed by atoms with Crippen molar-refractivity contribution in [3.8, 4) is 0 Å². The van der Waals surface area contributed by atoms with Crippen LogP contribution < -0.4 is 41.1 Å². The Bertz CT molecular complexity index is 1830. The van der Waals surface area contributed by atoms with Crippen LogP contribution in [0.5, 0.6) is 0 Å². The van der Waals surface area contributed by atoms with Gasteiger partial charge in [0.25, 0.3) is 0 Å². The molecule has 0 bridgehead atoms. The molecule has 0 aliphatic rings. The monoisotopic (exact) mass is 659 g/mol. The molecule has 7 aromatic rings. The van der Waals surface area contributed by atoms with Crippen LogP contribution in [-0.2, 0) is 0 Å². The Labute approximate surface area is 283 Å². The van der Waals surface area contributed by atoms with E-state index in [-0.39, 0.29) is 5.56 Å². The van der Waals surface area contributed by atoms with Gasteiger partial charge in [0, 0.05) is 0 Å². The molecule has 7 aromatic carbocycles. The van der Waals surface area contributed by atoms with E-state index in [0.29, 0.717) is 0 Å². The molecule has 3 nitrogen and oxygen atoms in total. The molecule has 5 heteroatoms. The van der Waals surface area contributed by atoms with E-state index in [1.54, 1.807) is 18.2 Å². The van der Waals surface area contributed by atoms with Crippen LogP contribution in [0, 0.1) is 0 Å². The smallest absolute Gasteiger partial charge is 0.301 e. The zero-order valence-corrected chi connectivity index (χ0v) is 28.2. The zero-order chi connectivity index (χ0) is 33.1. The van der Waals surface area contributed by atoms with Gasteiger partial charge >= 0.3 is 14.1 Å². The van der Waals surface area contributed by atoms with E-state index in [4.69, 9.17) is 4.17 Å². The summed E-state index contributed by atoms with van der Waals surface area (Å²) < 4.78 is 6.38. The molecular weight excluding hydrogens is 624 g/mol. The van der Waals surface area contributed by atoms with Crippen LogP contribution in [0.4, 0.5) is 0 Å². The lowest BCUT2D eigenvalue weighted by molar-refractivity contribution is -0.255. The van der Waals surface area contributed by atoms with Crippen LogP contribution in [0.3, 0.4) is 0 Å². The van der Waals surface area contributed by atoms with Gasteiger partial charge in [-0.05, 0) is 78.4 Å². The maximum Gasteiger partial charge on any atom is 0.301 e. The number of carboxylic acids is 1. The molecule has 0 saturated heterocycles.